The number of hydrogen-bond donors (Lipinski definition) is 2. The van der Waals surface area contributed by atoms with E-state index in [0.29, 0.717) is 12.3 Å². The first-order valence-corrected chi connectivity index (χ1v) is 10.2. The summed E-state index contributed by atoms with van der Waals surface area (Å²) in [6.45, 7) is 3.51. The summed E-state index contributed by atoms with van der Waals surface area (Å²) in [5.41, 5.74) is 12.1. The maximum absolute atomic E-state index is 14.8. The Morgan fingerprint density at radius 3 is 2.54 bits per heavy atom. The Morgan fingerprint density at radius 1 is 1.07 bits per heavy atom. The third-order valence-electron chi connectivity index (χ3n) is 5.89. The SMILES string of the molecule is NC1=NC2(CCCCC2)N(c2ccc(OCCN3CCCC3)c(F)c2)C(N)=N1. The normalized spacial score (nSPS) is 22.2. The van der Waals surface area contributed by atoms with Crippen LogP contribution in [0.1, 0.15) is 44.9 Å². The molecule has 1 saturated heterocycles. The van der Waals surface area contributed by atoms with Gasteiger partial charge in [0.15, 0.2) is 11.6 Å². The predicted octanol–water partition coefficient (Wildman–Crippen LogP) is 2.41. The van der Waals surface area contributed by atoms with Crippen LogP contribution in [0.15, 0.2) is 28.2 Å². The van der Waals surface area contributed by atoms with Crippen molar-refractivity contribution >= 4 is 17.6 Å². The molecule has 1 aromatic rings. The van der Waals surface area contributed by atoms with Crippen LogP contribution in [0.2, 0.25) is 0 Å². The fraction of sp³-hybridized carbons (Fsp3) is 0.600. The first kappa shape index (κ1) is 19.0. The molecule has 4 rings (SSSR count). The second-order valence-corrected chi connectivity index (χ2v) is 7.83. The Hall–Kier alpha value is -2.35. The first-order chi connectivity index (χ1) is 13.6. The molecule has 28 heavy (non-hydrogen) atoms. The van der Waals surface area contributed by atoms with Gasteiger partial charge in [0.05, 0.1) is 0 Å². The van der Waals surface area contributed by atoms with Crippen molar-refractivity contribution in [2.24, 2.45) is 21.5 Å². The van der Waals surface area contributed by atoms with Crippen molar-refractivity contribution in [1.29, 1.82) is 0 Å². The van der Waals surface area contributed by atoms with Crippen molar-refractivity contribution < 1.29 is 9.13 Å². The number of halogens is 1. The second-order valence-electron chi connectivity index (χ2n) is 7.83. The molecule has 1 saturated carbocycles. The van der Waals surface area contributed by atoms with Gasteiger partial charge in [-0.2, -0.15) is 4.99 Å². The highest BCUT2D eigenvalue weighted by Gasteiger charge is 2.42. The molecule has 0 unspecified atom stereocenters. The van der Waals surface area contributed by atoms with E-state index in [1.54, 1.807) is 6.07 Å². The second kappa shape index (κ2) is 7.95. The number of anilines is 1. The molecular formula is C20H29FN6O. The Kier molecular flexibility index (Phi) is 5.39. The molecule has 0 aromatic heterocycles. The molecule has 3 aliphatic rings. The van der Waals surface area contributed by atoms with Crippen LogP contribution >= 0.6 is 0 Å². The fourth-order valence-electron chi connectivity index (χ4n) is 4.53. The number of ether oxygens (including phenoxy) is 1. The van der Waals surface area contributed by atoms with Gasteiger partial charge in [-0.15, -0.1) is 0 Å². The predicted molar refractivity (Wildman–Crippen MR) is 109 cm³/mol. The van der Waals surface area contributed by atoms with Gasteiger partial charge in [-0.25, -0.2) is 9.38 Å². The molecule has 2 heterocycles. The molecule has 0 atom stereocenters. The lowest BCUT2D eigenvalue weighted by Gasteiger charge is -2.45. The van der Waals surface area contributed by atoms with Gasteiger partial charge in [0.1, 0.15) is 12.3 Å². The Balaban J connectivity index is 1.51. The summed E-state index contributed by atoms with van der Waals surface area (Å²) >= 11 is 0. The van der Waals surface area contributed by atoms with Crippen molar-refractivity contribution in [3.8, 4) is 5.75 Å². The van der Waals surface area contributed by atoms with Crippen molar-refractivity contribution in [3.63, 3.8) is 0 Å². The van der Waals surface area contributed by atoms with Crippen molar-refractivity contribution in [1.82, 2.24) is 4.90 Å². The van der Waals surface area contributed by atoms with E-state index in [1.165, 1.54) is 18.9 Å². The number of aliphatic imine (C=N–C) groups is 2. The molecule has 1 spiro atoms. The van der Waals surface area contributed by atoms with Crippen LogP contribution in [0.3, 0.4) is 0 Å². The van der Waals surface area contributed by atoms with Gasteiger partial charge in [-0.1, -0.05) is 6.42 Å². The summed E-state index contributed by atoms with van der Waals surface area (Å²) in [5, 5.41) is 0. The minimum atomic E-state index is -0.571. The average Bonchev–Trinajstić information content (AvgIpc) is 3.17. The highest BCUT2D eigenvalue weighted by atomic mass is 19.1. The standard InChI is InChI=1S/C20H29FN6O/c21-16-14-15(6-7-17(16)28-13-12-26-10-4-5-11-26)27-19(23)24-18(22)25-20(27)8-2-1-3-9-20/h6-7,14H,1-5,8-13H2,(H4,22,23,24,25). The molecule has 0 amide bonds. The molecule has 2 aliphatic heterocycles. The molecule has 0 radical (unpaired) electrons. The maximum atomic E-state index is 14.8. The monoisotopic (exact) mass is 388 g/mol. The van der Waals surface area contributed by atoms with Crippen molar-refractivity contribution in [2.75, 3.05) is 31.1 Å². The van der Waals surface area contributed by atoms with E-state index in [4.69, 9.17) is 16.2 Å². The fourth-order valence-corrected chi connectivity index (χ4v) is 4.53. The van der Waals surface area contributed by atoms with Crippen LogP contribution in [-0.4, -0.2) is 48.7 Å². The quantitative estimate of drug-likeness (QED) is 0.808. The van der Waals surface area contributed by atoms with Crippen LogP contribution < -0.4 is 21.1 Å². The van der Waals surface area contributed by atoms with Crippen LogP contribution in [0, 0.1) is 5.82 Å². The van der Waals surface area contributed by atoms with E-state index in [9.17, 15) is 4.39 Å². The summed E-state index contributed by atoms with van der Waals surface area (Å²) < 4.78 is 20.4. The van der Waals surface area contributed by atoms with Crippen LogP contribution in [0.5, 0.6) is 5.75 Å². The number of nitrogens with two attached hydrogens (primary N) is 2. The van der Waals surface area contributed by atoms with E-state index in [1.807, 2.05) is 11.0 Å². The first-order valence-electron chi connectivity index (χ1n) is 10.2. The summed E-state index contributed by atoms with van der Waals surface area (Å²) in [4.78, 5) is 12.9. The van der Waals surface area contributed by atoms with Gasteiger partial charge in [-0.05, 0) is 63.7 Å². The van der Waals surface area contributed by atoms with Crippen molar-refractivity contribution in [3.05, 3.63) is 24.0 Å². The number of hydrogen-bond acceptors (Lipinski definition) is 7. The van der Waals surface area contributed by atoms with E-state index in [-0.39, 0.29) is 17.7 Å². The lowest BCUT2D eigenvalue weighted by molar-refractivity contribution is 0.231. The molecule has 4 N–H and O–H groups in total. The molecule has 2 fully saturated rings. The topological polar surface area (TPSA) is 92.5 Å². The lowest BCUT2D eigenvalue weighted by Crippen LogP contribution is -2.58. The van der Waals surface area contributed by atoms with E-state index < -0.39 is 11.5 Å². The van der Waals surface area contributed by atoms with Gasteiger partial charge in [-0.3, -0.25) is 9.80 Å². The summed E-state index contributed by atoms with van der Waals surface area (Å²) in [6, 6.07) is 4.95. The van der Waals surface area contributed by atoms with Crippen LogP contribution in [0.25, 0.3) is 0 Å². The third kappa shape index (κ3) is 3.78. The van der Waals surface area contributed by atoms with E-state index in [0.717, 1.165) is 51.7 Å². The smallest absolute Gasteiger partial charge is 0.220 e. The molecule has 1 aliphatic carbocycles. The number of rotatable bonds is 5. The minimum Gasteiger partial charge on any atom is -0.489 e. The number of likely N-dealkylation sites (tertiary alicyclic amines) is 1. The molecule has 0 bridgehead atoms. The summed E-state index contributed by atoms with van der Waals surface area (Å²) in [7, 11) is 0. The number of benzene rings is 1. The Labute approximate surface area is 165 Å². The zero-order valence-corrected chi connectivity index (χ0v) is 16.2. The summed E-state index contributed by atoms with van der Waals surface area (Å²) in [6.07, 6.45) is 7.31. The summed E-state index contributed by atoms with van der Waals surface area (Å²) in [5.74, 6) is 0.311. The number of guanidine groups is 2. The van der Waals surface area contributed by atoms with Gasteiger partial charge < -0.3 is 16.2 Å². The van der Waals surface area contributed by atoms with Gasteiger partial charge in [0.2, 0.25) is 11.9 Å². The average molecular weight is 388 g/mol. The zero-order chi connectivity index (χ0) is 19.6. The Morgan fingerprint density at radius 2 is 1.82 bits per heavy atom. The lowest BCUT2D eigenvalue weighted by atomic mass is 9.87. The minimum absolute atomic E-state index is 0.193. The van der Waals surface area contributed by atoms with Gasteiger partial charge >= 0.3 is 0 Å². The molecule has 7 nitrogen and oxygen atoms in total. The van der Waals surface area contributed by atoms with Gasteiger partial charge in [0.25, 0.3) is 0 Å². The zero-order valence-electron chi connectivity index (χ0n) is 16.2. The highest BCUT2D eigenvalue weighted by Crippen LogP contribution is 2.40. The van der Waals surface area contributed by atoms with E-state index in [2.05, 4.69) is 14.9 Å². The Bertz CT molecular complexity index is 768. The molecule has 1 aromatic carbocycles. The van der Waals surface area contributed by atoms with Crippen LogP contribution in [-0.2, 0) is 0 Å². The maximum Gasteiger partial charge on any atom is 0.220 e. The molecule has 152 valence electrons. The highest BCUT2D eigenvalue weighted by molar-refractivity contribution is 6.05. The largest absolute Gasteiger partial charge is 0.489 e. The van der Waals surface area contributed by atoms with Gasteiger partial charge in [0, 0.05) is 18.3 Å². The van der Waals surface area contributed by atoms with Crippen LogP contribution in [0.4, 0.5) is 10.1 Å². The number of nitrogens with zero attached hydrogens (tertiary/aromatic N) is 4. The van der Waals surface area contributed by atoms with E-state index >= 15 is 0 Å². The third-order valence-corrected chi connectivity index (χ3v) is 5.89. The molecular weight excluding hydrogens is 359 g/mol. The van der Waals surface area contributed by atoms with Crippen molar-refractivity contribution in [2.45, 2.75) is 50.6 Å². The molecule has 8 heteroatoms.